The first-order valence-electron chi connectivity index (χ1n) is 40.9. The van der Waals surface area contributed by atoms with Gasteiger partial charge in [0.1, 0.15) is 11.4 Å². The fourth-order valence-corrected chi connectivity index (χ4v) is 20.5. The number of benzene rings is 6. The quantitative estimate of drug-likeness (QED) is 0.110. The molecule has 17 aromatic rings. The van der Waals surface area contributed by atoms with Crippen molar-refractivity contribution in [2.75, 3.05) is 0 Å². The number of rotatable bonds is 6. The van der Waals surface area contributed by atoms with Gasteiger partial charge in [0.15, 0.2) is 0 Å². The van der Waals surface area contributed by atoms with Crippen molar-refractivity contribution in [3.05, 3.63) is 414 Å². The van der Waals surface area contributed by atoms with Gasteiger partial charge in [-0.05, 0) is 273 Å². The summed E-state index contributed by atoms with van der Waals surface area (Å²) in [6, 6.07) is 104. The van der Waals surface area contributed by atoms with Gasteiger partial charge in [-0.15, -0.1) is 34.0 Å². The third kappa shape index (κ3) is 16.4. The van der Waals surface area contributed by atoms with Crippen LogP contribution in [0.1, 0.15) is 95.1 Å². The number of nitrogens with one attached hydrogen (secondary N) is 3. The average molecular weight is 1900 g/mol. The highest BCUT2D eigenvalue weighted by atomic mass is 127. The van der Waals surface area contributed by atoms with Crippen LogP contribution in [-0.2, 0) is 0 Å². The predicted octanol–water partition coefficient (Wildman–Crippen LogP) is 29.7. The Kier molecular flexibility index (Phi) is 22.0. The van der Waals surface area contributed by atoms with Crippen LogP contribution in [0.25, 0.3) is 201 Å². The summed E-state index contributed by atoms with van der Waals surface area (Å²) in [6.07, 6.45) is 28.7. The Bertz CT molecular complexity index is 7630. The molecule has 0 saturated heterocycles. The molecule has 6 aliphatic heterocycles. The van der Waals surface area contributed by atoms with Crippen LogP contribution in [0.3, 0.4) is 0 Å². The zero-order chi connectivity index (χ0) is 84.2. The smallest absolute Gasteiger partial charge is 0.113 e. The van der Waals surface area contributed by atoms with Gasteiger partial charge in [0, 0.05) is 100 Å². The van der Waals surface area contributed by atoms with Crippen molar-refractivity contribution in [2.24, 2.45) is 0 Å². The molecule has 3 N–H and O–H groups in total. The molecule has 0 atom stereocenters. The molecule has 0 amide bonds. The number of pyridine rings is 2. The lowest BCUT2D eigenvalue weighted by molar-refractivity contribution is 1.28. The molecule has 6 aliphatic rings. The fourth-order valence-electron chi connectivity index (χ4n) is 15.9. The van der Waals surface area contributed by atoms with Gasteiger partial charge in [0.25, 0.3) is 0 Å². The molecule has 0 aliphatic carbocycles. The fraction of sp³-hybridized carbons (Fsp3) is 0. The van der Waals surface area contributed by atoms with E-state index >= 15 is 0 Å². The van der Waals surface area contributed by atoms with Crippen LogP contribution in [0.2, 0.25) is 0 Å². The highest BCUT2D eigenvalue weighted by Crippen LogP contribution is 2.43. The van der Waals surface area contributed by atoms with Gasteiger partial charge < -0.3 is 15.0 Å². The van der Waals surface area contributed by atoms with E-state index in [1.807, 2.05) is 78.9 Å². The summed E-state index contributed by atoms with van der Waals surface area (Å²) >= 11 is 10.1. The van der Waals surface area contributed by atoms with Gasteiger partial charge in [0.05, 0.1) is 97.6 Å². The summed E-state index contributed by atoms with van der Waals surface area (Å²) < 4.78 is 9.04. The summed E-state index contributed by atoms with van der Waals surface area (Å²) in [7, 11) is 0. The second-order valence-electron chi connectivity index (χ2n) is 29.8. The van der Waals surface area contributed by atoms with Crippen molar-refractivity contribution in [3.63, 3.8) is 0 Å². The van der Waals surface area contributed by atoms with Crippen molar-refractivity contribution in [1.29, 1.82) is 0 Å². The first-order chi connectivity index (χ1) is 62.2. The molecule has 11 nitrogen and oxygen atoms in total. The van der Waals surface area contributed by atoms with Crippen LogP contribution in [0.15, 0.2) is 316 Å². The van der Waals surface area contributed by atoms with Crippen LogP contribution in [0, 0.1) is 30.8 Å². The predicted molar refractivity (Wildman–Crippen MR) is 552 cm³/mol. The number of nitrogens with zero attached hydrogens (tertiary/aromatic N) is 8. The number of halogens is 2. The van der Waals surface area contributed by atoms with Gasteiger partial charge >= 0.3 is 0 Å². The van der Waals surface area contributed by atoms with E-state index in [1.54, 1.807) is 46.4 Å². The Morgan fingerprint density at radius 3 is 1.09 bits per heavy atom. The molecule has 0 radical (unpaired) electrons. The highest BCUT2D eigenvalue weighted by molar-refractivity contribution is 14.1. The highest BCUT2D eigenvalue weighted by Gasteiger charge is 2.22. The van der Waals surface area contributed by atoms with Crippen molar-refractivity contribution >= 4 is 213 Å². The molecule has 126 heavy (non-hydrogen) atoms. The average Bonchev–Trinajstić information content (AvgIpc) is 1.59. The summed E-state index contributed by atoms with van der Waals surface area (Å²) in [6.45, 7) is 0. The van der Waals surface area contributed by atoms with Crippen LogP contribution >= 0.6 is 79.2 Å². The topological polar surface area (TPSA) is 150 Å². The maximum Gasteiger partial charge on any atom is 0.113 e. The molecule has 0 unspecified atom stereocenters. The van der Waals surface area contributed by atoms with Crippen LogP contribution < -0.4 is 0 Å². The molecule has 0 spiro atoms. The molecule has 0 fully saturated rings. The van der Waals surface area contributed by atoms with Crippen LogP contribution in [0.5, 0.6) is 0 Å². The van der Waals surface area contributed by atoms with Gasteiger partial charge in [-0.2, -0.15) is 0 Å². The Morgan fingerprint density at radius 2 is 0.579 bits per heavy atom. The van der Waals surface area contributed by atoms with Crippen molar-refractivity contribution in [3.8, 4) is 90.4 Å². The van der Waals surface area contributed by atoms with E-state index in [9.17, 15) is 0 Å². The number of fused-ring (bicyclic) bond motifs is 24. The zero-order valence-corrected chi connectivity index (χ0v) is 73.8. The van der Waals surface area contributed by atoms with Gasteiger partial charge in [-0.3, -0.25) is 0 Å². The number of aromatic nitrogens is 11. The van der Waals surface area contributed by atoms with Crippen molar-refractivity contribution in [1.82, 2.24) is 54.8 Å². The van der Waals surface area contributed by atoms with Crippen molar-refractivity contribution in [2.45, 2.75) is 0 Å². The summed E-state index contributed by atoms with van der Waals surface area (Å²) in [5.41, 5.74) is 33.0. The lowest BCUT2D eigenvalue weighted by Crippen LogP contribution is -1.88. The van der Waals surface area contributed by atoms with E-state index in [4.69, 9.17) is 29.9 Å². The number of aromatic amines is 3. The SMILES string of the molecule is C(#Cc1c2nc(c(-c3ccccc3)c3ccc(s3)c(C#Cc3ccccn3)c3nc(c(-c4ccccc4)c4ccc1[nH]4)C=C3)C=C2)c1ccccn1.C1=Cc2nc1cc1ccc(s1)c(-c1ccccc1)c1nc(cc3ccc([nH]3)c2-c2ccccc2)C=C1.Ic1c2nc(c(-c3ccccc3)c3ccc(s3)c(I)c3nc(c(-c4ccccc4)c4ccc1[nH]4)C=C3)C=C2.[HH].[HH].[HH]. The van der Waals surface area contributed by atoms with Gasteiger partial charge in [-0.25, -0.2) is 39.9 Å². The molecule has 6 aromatic carbocycles. The molecule has 24 bridgehead atoms. The van der Waals surface area contributed by atoms with E-state index in [0.717, 1.165) is 201 Å². The van der Waals surface area contributed by atoms with Crippen LogP contribution in [0.4, 0.5) is 0 Å². The van der Waals surface area contributed by atoms with Gasteiger partial charge in [0.2, 0.25) is 0 Å². The Balaban J connectivity index is 0.000000132. The lowest BCUT2D eigenvalue weighted by atomic mass is 10.0. The van der Waals surface area contributed by atoms with Crippen LogP contribution in [-0.4, -0.2) is 54.8 Å². The Labute approximate surface area is 769 Å². The molecule has 17 heterocycles. The van der Waals surface area contributed by atoms with E-state index in [0.29, 0.717) is 11.4 Å². The standard InChI is InChI=1S/C46H27N5S.C32H19I2N3S.C32H21N3S.3H2/c1-3-11-31(12-4-1)45-40-24-21-37(49-40)35(19-17-33-15-7-9-29-47-33)38-22-26-42(50-38)46(32-13-5-2-6-14-32)44-28-27-43(52-44)36(39-23-25-41(45)51-39)20-18-34-16-8-10-30-48-34;33-31-24-14-11-21(35-24)29(19-7-3-1-4-8-19)22-12-16-26(36-22)32(34)28-18-17-27(38-28)30(20-9-5-2-6-10-20)23-13-15-25(31)37-23;1-3-7-21(8-4-1)31-27-15-11-23(33-27)19-24-12-17-29(34-24)32(22-9-5-2-6-10-22)30-18-14-26(36-30)20-25-13-16-28(31)35-25;;;/h1-16,21-30,49H;1-18,35H;1-20,33H;3*1H. The zero-order valence-electron chi connectivity index (χ0n) is 67.0. The number of hydrogen-bond acceptors (Lipinski definition) is 11. The summed E-state index contributed by atoms with van der Waals surface area (Å²) in [5, 5.41) is 0. The maximum atomic E-state index is 5.27. The molecule has 16 heteroatoms. The van der Waals surface area contributed by atoms with E-state index in [-0.39, 0.29) is 4.28 Å². The minimum atomic E-state index is 0. The van der Waals surface area contributed by atoms with E-state index in [1.165, 1.54) is 14.1 Å². The Morgan fingerprint density at radius 1 is 0.238 bits per heavy atom. The number of thiophene rings is 3. The lowest BCUT2D eigenvalue weighted by Gasteiger charge is -2.04. The minimum Gasteiger partial charge on any atom is -0.355 e. The monoisotopic (exact) mass is 1900 g/mol. The molecular formula is C110H73I2N11S3. The van der Waals surface area contributed by atoms with Gasteiger partial charge in [-0.1, -0.05) is 206 Å². The third-order valence-electron chi connectivity index (χ3n) is 21.7. The largest absolute Gasteiger partial charge is 0.355 e. The molecule has 600 valence electrons. The molecule has 11 aromatic heterocycles. The molecular weight excluding hydrogens is 1830 g/mol. The number of H-pyrrole nitrogens is 3. The van der Waals surface area contributed by atoms with E-state index < -0.39 is 0 Å². The minimum absolute atomic E-state index is 0. The summed E-state index contributed by atoms with van der Waals surface area (Å²) in [5.74, 6) is 13.5. The van der Waals surface area contributed by atoms with E-state index in [2.05, 4.69) is 391 Å². The number of hydrogen-bond donors (Lipinski definition) is 3. The second-order valence-corrected chi connectivity index (χ2v) is 35.3. The second kappa shape index (κ2) is 35.2. The normalized spacial score (nSPS) is 11.9. The Hall–Kier alpha value is -14.7. The summed E-state index contributed by atoms with van der Waals surface area (Å²) in [4.78, 5) is 50.7. The maximum absolute atomic E-state index is 5.27. The first-order valence-corrected chi connectivity index (χ1v) is 45.5. The van der Waals surface area contributed by atoms with Crippen molar-refractivity contribution < 1.29 is 4.28 Å². The first kappa shape index (κ1) is 78.5. The molecule has 0 saturated carbocycles. The third-order valence-corrected chi connectivity index (χ3v) is 27.7. The molecule has 23 rings (SSSR count).